The predicted molar refractivity (Wildman–Crippen MR) is 84.8 cm³/mol. The molecular formula is C13H23N3O3S2. The van der Waals surface area contributed by atoms with E-state index in [0.29, 0.717) is 0 Å². The maximum absolute atomic E-state index is 11.8. The van der Waals surface area contributed by atoms with Gasteiger partial charge in [0.15, 0.2) is 0 Å². The van der Waals surface area contributed by atoms with Crippen LogP contribution in [0.3, 0.4) is 0 Å². The molecule has 1 unspecified atom stereocenters. The normalized spacial score (nSPS) is 14.2. The fourth-order valence-electron chi connectivity index (χ4n) is 1.50. The summed E-state index contributed by atoms with van der Waals surface area (Å²) in [6.45, 7) is 7.88. The number of thiazole rings is 1. The summed E-state index contributed by atoms with van der Waals surface area (Å²) in [7, 11) is -1.98. The number of amides is 1. The number of nitrogens with zero attached hydrogens (tertiary/aromatic N) is 2. The summed E-state index contributed by atoms with van der Waals surface area (Å²) in [5.74, 6) is -0.345. The largest absolute Gasteiger partial charge is 0.346 e. The first kappa shape index (κ1) is 18.1. The molecule has 1 aromatic rings. The van der Waals surface area contributed by atoms with Crippen LogP contribution in [0.25, 0.3) is 0 Å². The number of nitrogens with one attached hydrogen (secondary N) is 1. The molecule has 1 rings (SSSR count). The number of rotatable bonds is 5. The Balaban J connectivity index is 2.67. The van der Waals surface area contributed by atoms with Crippen molar-refractivity contribution in [1.82, 2.24) is 14.6 Å². The highest BCUT2D eigenvalue weighted by Gasteiger charge is 2.21. The minimum atomic E-state index is -3.35. The number of carbonyl (C=O) groups excluding carboxylic acids is 1. The average molecular weight is 333 g/mol. The predicted octanol–water partition coefficient (Wildman–Crippen LogP) is 1.51. The van der Waals surface area contributed by atoms with Crippen molar-refractivity contribution in [2.75, 3.05) is 19.8 Å². The van der Waals surface area contributed by atoms with E-state index < -0.39 is 10.0 Å². The van der Waals surface area contributed by atoms with Gasteiger partial charge in [-0.25, -0.2) is 13.4 Å². The van der Waals surface area contributed by atoms with Crippen LogP contribution in [-0.2, 0) is 20.2 Å². The monoisotopic (exact) mass is 333 g/mol. The molecule has 0 saturated carbocycles. The van der Waals surface area contributed by atoms with E-state index in [0.717, 1.165) is 21.3 Å². The number of hydrogen-bond donors (Lipinski definition) is 1. The molecule has 6 nitrogen and oxygen atoms in total. The molecule has 0 spiro atoms. The molecular weight excluding hydrogens is 310 g/mol. The Hall–Kier alpha value is -0.990. The van der Waals surface area contributed by atoms with Crippen LogP contribution in [0.2, 0.25) is 0 Å². The molecule has 0 aliphatic carbocycles. The molecule has 0 aliphatic rings. The lowest BCUT2D eigenvalue weighted by atomic mass is 9.93. The van der Waals surface area contributed by atoms with Crippen LogP contribution >= 0.6 is 11.3 Å². The fraction of sp³-hybridized carbons (Fsp3) is 0.692. The zero-order chi connectivity index (χ0) is 16.4. The molecule has 21 heavy (non-hydrogen) atoms. The topological polar surface area (TPSA) is 79.4 Å². The lowest BCUT2D eigenvalue weighted by molar-refractivity contribution is -0.121. The Bertz CT molecular complexity index is 602. The minimum absolute atomic E-state index is 0.0328. The SMILES string of the molecule is CC(NC(=O)CN(C)S(C)(=O)=O)c1nc(C(C)(C)C)cs1. The van der Waals surface area contributed by atoms with Gasteiger partial charge in [-0.3, -0.25) is 4.79 Å². The number of likely N-dealkylation sites (N-methyl/N-ethyl adjacent to an activating group) is 1. The summed E-state index contributed by atoms with van der Waals surface area (Å²) >= 11 is 1.49. The zero-order valence-electron chi connectivity index (χ0n) is 13.3. The number of aromatic nitrogens is 1. The molecule has 8 heteroatoms. The van der Waals surface area contributed by atoms with Crippen molar-refractivity contribution in [1.29, 1.82) is 0 Å². The van der Waals surface area contributed by atoms with Gasteiger partial charge >= 0.3 is 0 Å². The van der Waals surface area contributed by atoms with Crippen molar-refractivity contribution in [2.24, 2.45) is 0 Å². The quantitative estimate of drug-likeness (QED) is 0.886. The second kappa shape index (κ2) is 6.41. The van der Waals surface area contributed by atoms with Gasteiger partial charge in [-0.05, 0) is 6.92 Å². The van der Waals surface area contributed by atoms with Crippen LogP contribution in [0.4, 0.5) is 0 Å². The van der Waals surface area contributed by atoms with Crippen molar-refractivity contribution >= 4 is 27.3 Å². The highest BCUT2D eigenvalue weighted by atomic mass is 32.2. The summed E-state index contributed by atoms with van der Waals surface area (Å²) in [4.78, 5) is 16.4. The van der Waals surface area contributed by atoms with Crippen molar-refractivity contribution < 1.29 is 13.2 Å². The molecule has 1 amide bonds. The molecule has 1 heterocycles. The van der Waals surface area contributed by atoms with Gasteiger partial charge in [0.05, 0.1) is 24.5 Å². The molecule has 0 saturated heterocycles. The van der Waals surface area contributed by atoms with E-state index in [1.165, 1.54) is 18.4 Å². The summed E-state index contributed by atoms with van der Waals surface area (Å²) < 4.78 is 23.6. The maximum Gasteiger partial charge on any atom is 0.235 e. The molecule has 0 bridgehead atoms. The average Bonchev–Trinajstić information content (AvgIpc) is 2.75. The Morgan fingerprint density at radius 1 is 1.48 bits per heavy atom. The first-order valence-electron chi connectivity index (χ1n) is 6.58. The second-order valence-electron chi connectivity index (χ2n) is 6.13. The van der Waals surface area contributed by atoms with Gasteiger partial charge in [-0.15, -0.1) is 11.3 Å². The summed E-state index contributed by atoms with van der Waals surface area (Å²) in [6.07, 6.45) is 1.07. The molecule has 1 atom stereocenters. The first-order chi connectivity index (χ1) is 9.41. The number of hydrogen-bond acceptors (Lipinski definition) is 5. The second-order valence-corrected chi connectivity index (χ2v) is 9.11. The highest BCUT2D eigenvalue weighted by Crippen LogP contribution is 2.26. The Kier molecular flexibility index (Phi) is 5.51. The van der Waals surface area contributed by atoms with E-state index in [4.69, 9.17) is 0 Å². The third kappa shape index (κ3) is 5.37. The number of carbonyl (C=O) groups is 1. The van der Waals surface area contributed by atoms with Crippen LogP contribution in [0.5, 0.6) is 0 Å². The van der Waals surface area contributed by atoms with Gasteiger partial charge in [0.25, 0.3) is 0 Å². The van der Waals surface area contributed by atoms with Crippen LogP contribution in [0.1, 0.15) is 44.4 Å². The van der Waals surface area contributed by atoms with Crippen molar-refractivity contribution in [3.05, 3.63) is 16.1 Å². The van der Waals surface area contributed by atoms with Crippen LogP contribution in [-0.4, -0.2) is 43.5 Å². The summed E-state index contributed by atoms with van der Waals surface area (Å²) in [6, 6.07) is -0.244. The van der Waals surface area contributed by atoms with Crippen LogP contribution in [0, 0.1) is 0 Å². The molecule has 0 radical (unpaired) electrons. The Morgan fingerprint density at radius 2 is 2.05 bits per heavy atom. The summed E-state index contributed by atoms with van der Waals surface area (Å²) in [5.41, 5.74) is 0.950. The molecule has 0 fully saturated rings. The van der Waals surface area contributed by atoms with E-state index in [-0.39, 0.29) is 23.9 Å². The van der Waals surface area contributed by atoms with E-state index in [1.54, 1.807) is 0 Å². The van der Waals surface area contributed by atoms with E-state index in [1.807, 2.05) is 12.3 Å². The van der Waals surface area contributed by atoms with Gasteiger partial charge in [0.1, 0.15) is 5.01 Å². The Morgan fingerprint density at radius 3 is 2.48 bits per heavy atom. The zero-order valence-corrected chi connectivity index (χ0v) is 14.9. The van der Waals surface area contributed by atoms with Gasteiger partial charge in [0, 0.05) is 17.8 Å². The Labute approximate surface area is 130 Å². The first-order valence-corrected chi connectivity index (χ1v) is 9.30. The standard InChI is InChI=1S/C13H23N3O3S2/c1-9(12-15-10(8-20-12)13(2,3)4)14-11(17)7-16(5)21(6,18)19/h8-9H,7H2,1-6H3,(H,14,17). The van der Waals surface area contributed by atoms with Crippen molar-refractivity contribution in [3.63, 3.8) is 0 Å². The van der Waals surface area contributed by atoms with Gasteiger partial charge in [0.2, 0.25) is 15.9 Å². The van der Waals surface area contributed by atoms with E-state index >= 15 is 0 Å². The van der Waals surface area contributed by atoms with Gasteiger partial charge < -0.3 is 5.32 Å². The lowest BCUT2D eigenvalue weighted by Crippen LogP contribution is -2.38. The minimum Gasteiger partial charge on any atom is -0.346 e. The molecule has 1 aromatic heterocycles. The van der Waals surface area contributed by atoms with Crippen LogP contribution < -0.4 is 5.32 Å². The van der Waals surface area contributed by atoms with Crippen molar-refractivity contribution in [2.45, 2.75) is 39.2 Å². The smallest absolute Gasteiger partial charge is 0.235 e. The fourth-order valence-corrected chi connectivity index (χ4v) is 2.90. The molecule has 0 aromatic carbocycles. The van der Waals surface area contributed by atoms with Crippen molar-refractivity contribution in [3.8, 4) is 0 Å². The maximum atomic E-state index is 11.8. The molecule has 120 valence electrons. The van der Waals surface area contributed by atoms with E-state index in [2.05, 4.69) is 31.1 Å². The van der Waals surface area contributed by atoms with Crippen LogP contribution in [0.15, 0.2) is 5.38 Å². The summed E-state index contributed by atoms with van der Waals surface area (Å²) in [5, 5.41) is 5.57. The molecule has 1 N–H and O–H groups in total. The van der Waals surface area contributed by atoms with Gasteiger partial charge in [-0.1, -0.05) is 20.8 Å². The lowest BCUT2D eigenvalue weighted by Gasteiger charge is -2.17. The third-order valence-corrected chi connectivity index (χ3v) is 5.26. The molecule has 0 aliphatic heterocycles. The van der Waals surface area contributed by atoms with Gasteiger partial charge in [-0.2, -0.15) is 4.31 Å². The highest BCUT2D eigenvalue weighted by molar-refractivity contribution is 7.88. The van der Waals surface area contributed by atoms with E-state index in [9.17, 15) is 13.2 Å². The third-order valence-electron chi connectivity index (χ3n) is 2.97. The number of sulfonamides is 1.